The summed E-state index contributed by atoms with van der Waals surface area (Å²) in [5, 5.41) is 11.7. The number of aryl methyl sites for hydroxylation is 2. The van der Waals surface area contributed by atoms with Gasteiger partial charge in [0.1, 0.15) is 5.70 Å². The van der Waals surface area contributed by atoms with Crippen LogP contribution in [0.5, 0.6) is 0 Å². The quantitative estimate of drug-likeness (QED) is 0.820. The molecule has 0 aliphatic rings. The number of hydrogen-bond acceptors (Lipinski definition) is 3. The molecular weight excluding hydrogens is 256 g/mol. The lowest BCUT2D eigenvalue weighted by atomic mass is 9.98. The minimum atomic E-state index is -1.01. The van der Waals surface area contributed by atoms with Crippen LogP contribution in [0.2, 0.25) is 0 Å². The highest BCUT2D eigenvalue weighted by molar-refractivity contribution is 5.95. The number of hydrogen-bond donors (Lipinski definition) is 2. The van der Waals surface area contributed by atoms with Crippen molar-refractivity contribution in [1.82, 2.24) is 10.2 Å². The third-order valence-electron chi connectivity index (χ3n) is 3.04. The normalized spacial score (nSPS) is 11.2. The zero-order chi connectivity index (χ0) is 15.4. The number of likely N-dealkylation sites (N-methyl/N-ethyl adjacent to an activating group) is 1. The van der Waals surface area contributed by atoms with E-state index in [1.54, 1.807) is 39.4 Å². The second-order valence-electron chi connectivity index (χ2n) is 4.84. The number of rotatable bonds is 4. The fraction of sp³-hybridized carbons (Fsp3) is 0.333. The average molecular weight is 276 g/mol. The van der Waals surface area contributed by atoms with Crippen molar-refractivity contribution in [2.24, 2.45) is 0 Å². The van der Waals surface area contributed by atoms with Gasteiger partial charge in [-0.3, -0.25) is 4.79 Å². The third kappa shape index (κ3) is 3.38. The molecular formula is C15H20N2O3. The summed E-state index contributed by atoms with van der Waals surface area (Å²) in [6.07, 6.45) is 1.58. The largest absolute Gasteiger partial charge is 0.477 e. The molecule has 1 rings (SSSR count). The van der Waals surface area contributed by atoms with Gasteiger partial charge in [0.15, 0.2) is 0 Å². The minimum absolute atomic E-state index is 0.0706. The molecule has 108 valence electrons. The average Bonchev–Trinajstić information content (AvgIpc) is 2.36. The molecule has 0 unspecified atom stereocenters. The zero-order valence-electron chi connectivity index (χ0n) is 12.4. The molecule has 0 atom stereocenters. The fourth-order valence-corrected chi connectivity index (χ4v) is 1.97. The molecule has 0 bridgehead atoms. The van der Waals surface area contributed by atoms with Gasteiger partial charge in [0.25, 0.3) is 5.91 Å². The van der Waals surface area contributed by atoms with Crippen LogP contribution in [0, 0.1) is 13.8 Å². The van der Waals surface area contributed by atoms with Crippen molar-refractivity contribution in [2.75, 3.05) is 21.1 Å². The maximum Gasteiger partial charge on any atom is 0.351 e. The van der Waals surface area contributed by atoms with Gasteiger partial charge in [-0.15, -0.1) is 0 Å². The molecule has 0 aromatic heterocycles. The summed E-state index contributed by atoms with van der Waals surface area (Å²) in [7, 11) is 4.96. The Morgan fingerprint density at radius 1 is 1.20 bits per heavy atom. The van der Waals surface area contributed by atoms with E-state index in [0.29, 0.717) is 5.56 Å². The lowest BCUT2D eigenvalue weighted by molar-refractivity contribution is -0.132. The molecule has 0 radical (unpaired) electrons. The Hall–Kier alpha value is -2.30. The van der Waals surface area contributed by atoms with Gasteiger partial charge in [0, 0.05) is 26.7 Å². The van der Waals surface area contributed by atoms with Crippen LogP contribution in [-0.4, -0.2) is 43.0 Å². The van der Waals surface area contributed by atoms with E-state index in [-0.39, 0.29) is 11.6 Å². The van der Waals surface area contributed by atoms with E-state index in [1.165, 1.54) is 4.90 Å². The van der Waals surface area contributed by atoms with Crippen LogP contribution in [0.25, 0.3) is 6.08 Å². The molecule has 0 saturated heterocycles. The molecule has 5 heteroatoms. The first kappa shape index (κ1) is 15.8. The molecule has 0 spiro atoms. The Bertz CT molecular complexity index is 551. The van der Waals surface area contributed by atoms with Crippen molar-refractivity contribution in [3.8, 4) is 0 Å². The molecule has 1 aromatic rings. The molecule has 5 nitrogen and oxygen atoms in total. The number of carboxylic acid groups (broad SMARTS) is 1. The van der Waals surface area contributed by atoms with Crippen LogP contribution < -0.4 is 5.32 Å². The molecule has 20 heavy (non-hydrogen) atoms. The third-order valence-corrected chi connectivity index (χ3v) is 3.04. The SMILES string of the molecule is CN/C(=C\c1c(C)cc(C(=O)N(C)C)cc1C)C(=O)O. The highest BCUT2D eigenvalue weighted by Crippen LogP contribution is 2.20. The standard InChI is InChI=1S/C15H20N2O3/c1-9-6-11(14(18)17(4)5)7-10(2)12(9)8-13(16-3)15(19)20/h6-8,16H,1-5H3,(H,19,20)/b13-8-. The van der Waals surface area contributed by atoms with E-state index < -0.39 is 5.97 Å². The van der Waals surface area contributed by atoms with E-state index in [1.807, 2.05) is 13.8 Å². The molecule has 1 amide bonds. The summed E-state index contributed by atoms with van der Waals surface area (Å²) < 4.78 is 0. The Labute approximate surface area is 118 Å². The predicted octanol–water partition coefficient (Wildman–Crippen LogP) is 1.65. The van der Waals surface area contributed by atoms with E-state index in [0.717, 1.165) is 16.7 Å². The summed E-state index contributed by atoms with van der Waals surface area (Å²) in [4.78, 5) is 24.5. The molecule has 0 saturated carbocycles. The van der Waals surface area contributed by atoms with Crippen LogP contribution in [0.1, 0.15) is 27.0 Å². The van der Waals surface area contributed by atoms with Gasteiger partial charge < -0.3 is 15.3 Å². The van der Waals surface area contributed by atoms with E-state index in [2.05, 4.69) is 5.32 Å². The number of carbonyl (C=O) groups excluding carboxylic acids is 1. The summed E-state index contributed by atoms with van der Waals surface area (Å²) >= 11 is 0. The van der Waals surface area contributed by atoms with Gasteiger partial charge in [0.05, 0.1) is 0 Å². The monoisotopic (exact) mass is 276 g/mol. The lowest BCUT2D eigenvalue weighted by Crippen LogP contribution is -2.22. The maximum absolute atomic E-state index is 12.0. The number of carboxylic acids is 1. The summed E-state index contributed by atoms with van der Waals surface area (Å²) in [5.41, 5.74) is 3.26. The fourth-order valence-electron chi connectivity index (χ4n) is 1.97. The van der Waals surface area contributed by atoms with Gasteiger partial charge in [0.2, 0.25) is 0 Å². The maximum atomic E-state index is 12.0. The van der Waals surface area contributed by atoms with E-state index >= 15 is 0 Å². The smallest absolute Gasteiger partial charge is 0.351 e. The molecule has 0 heterocycles. The summed E-state index contributed by atoms with van der Waals surface area (Å²) in [5.74, 6) is -1.08. The molecule has 0 aliphatic heterocycles. The molecule has 0 aliphatic carbocycles. The van der Waals surface area contributed by atoms with E-state index in [9.17, 15) is 9.59 Å². The van der Waals surface area contributed by atoms with Crippen LogP contribution in [-0.2, 0) is 4.79 Å². The number of carbonyl (C=O) groups is 2. The highest BCUT2D eigenvalue weighted by atomic mass is 16.4. The van der Waals surface area contributed by atoms with Crippen LogP contribution in [0.15, 0.2) is 17.8 Å². The van der Waals surface area contributed by atoms with Crippen LogP contribution in [0.3, 0.4) is 0 Å². The summed E-state index contributed by atoms with van der Waals surface area (Å²) in [6, 6.07) is 3.55. The Kier molecular flexibility index (Phi) is 4.91. The first-order valence-corrected chi connectivity index (χ1v) is 6.23. The molecule has 1 aromatic carbocycles. The second kappa shape index (κ2) is 6.23. The van der Waals surface area contributed by atoms with Crippen molar-refractivity contribution >= 4 is 18.0 Å². The number of nitrogens with one attached hydrogen (secondary N) is 1. The van der Waals surface area contributed by atoms with Gasteiger partial charge in [-0.25, -0.2) is 4.79 Å². The first-order valence-electron chi connectivity index (χ1n) is 6.23. The first-order chi connectivity index (χ1) is 9.27. The van der Waals surface area contributed by atoms with Crippen molar-refractivity contribution in [3.63, 3.8) is 0 Å². The lowest BCUT2D eigenvalue weighted by Gasteiger charge is -2.14. The van der Waals surface area contributed by atoms with Gasteiger partial charge in [-0.05, 0) is 48.7 Å². The highest BCUT2D eigenvalue weighted by Gasteiger charge is 2.13. The van der Waals surface area contributed by atoms with Gasteiger partial charge in [-0.1, -0.05) is 0 Å². The number of nitrogens with zero attached hydrogens (tertiary/aromatic N) is 1. The van der Waals surface area contributed by atoms with Crippen molar-refractivity contribution in [3.05, 3.63) is 40.1 Å². The van der Waals surface area contributed by atoms with Crippen molar-refractivity contribution < 1.29 is 14.7 Å². The minimum Gasteiger partial charge on any atom is -0.477 e. The van der Waals surface area contributed by atoms with Crippen LogP contribution in [0.4, 0.5) is 0 Å². The number of amides is 1. The Morgan fingerprint density at radius 2 is 1.70 bits per heavy atom. The van der Waals surface area contributed by atoms with Gasteiger partial charge in [-0.2, -0.15) is 0 Å². The Balaban J connectivity index is 3.32. The van der Waals surface area contributed by atoms with Crippen molar-refractivity contribution in [2.45, 2.75) is 13.8 Å². The molecule has 0 fully saturated rings. The molecule has 2 N–H and O–H groups in total. The van der Waals surface area contributed by atoms with Crippen molar-refractivity contribution in [1.29, 1.82) is 0 Å². The number of benzene rings is 1. The number of aliphatic carboxylic acids is 1. The van der Waals surface area contributed by atoms with Crippen LogP contribution >= 0.6 is 0 Å². The topological polar surface area (TPSA) is 69.6 Å². The second-order valence-corrected chi connectivity index (χ2v) is 4.84. The summed E-state index contributed by atoms with van der Waals surface area (Å²) in [6.45, 7) is 3.72. The van der Waals surface area contributed by atoms with Gasteiger partial charge >= 0.3 is 5.97 Å². The Morgan fingerprint density at radius 3 is 2.05 bits per heavy atom. The predicted molar refractivity (Wildman–Crippen MR) is 78.6 cm³/mol. The van der Waals surface area contributed by atoms with E-state index in [4.69, 9.17) is 5.11 Å². The zero-order valence-corrected chi connectivity index (χ0v) is 12.4.